The summed E-state index contributed by atoms with van der Waals surface area (Å²) in [4.78, 5) is 29.8. The van der Waals surface area contributed by atoms with Gasteiger partial charge in [0.15, 0.2) is 5.16 Å². The molecule has 1 aliphatic carbocycles. The summed E-state index contributed by atoms with van der Waals surface area (Å²) in [6, 6.07) is 4.72. The second-order valence-corrected chi connectivity index (χ2v) is 8.02. The number of hydrogen-bond donors (Lipinski definition) is 1. The van der Waals surface area contributed by atoms with Crippen LogP contribution < -0.4 is 10.9 Å². The molecule has 1 aromatic heterocycles. The Labute approximate surface area is 158 Å². The Morgan fingerprint density at radius 3 is 3.04 bits per heavy atom. The minimum atomic E-state index is -0.199. The van der Waals surface area contributed by atoms with Crippen molar-refractivity contribution in [2.75, 3.05) is 11.1 Å². The highest BCUT2D eigenvalue weighted by Gasteiger charge is 2.31. The number of carbonyl (C=O) groups is 1. The third-order valence-electron chi connectivity index (χ3n) is 4.50. The van der Waals surface area contributed by atoms with Crippen molar-refractivity contribution in [2.45, 2.75) is 36.9 Å². The molecule has 0 saturated carbocycles. The Bertz CT molecular complexity index is 929. The zero-order chi connectivity index (χ0) is 17.6. The number of nitrogens with zero attached hydrogens (tertiary/aromatic N) is 2. The van der Waals surface area contributed by atoms with Crippen molar-refractivity contribution < 1.29 is 4.79 Å². The fourth-order valence-electron chi connectivity index (χ4n) is 3.31. The summed E-state index contributed by atoms with van der Waals surface area (Å²) in [5.41, 5.74) is 2.24. The van der Waals surface area contributed by atoms with E-state index in [1.165, 1.54) is 11.8 Å². The summed E-state index contributed by atoms with van der Waals surface area (Å²) >= 11 is 13.6. The van der Waals surface area contributed by atoms with Crippen molar-refractivity contribution in [1.29, 1.82) is 0 Å². The molecular formula is C17H15Cl2N3O2S. The number of thioether (sulfide) groups is 1. The number of hydrogen-bond acceptors (Lipinski definition) is 4. The number of benzene rings is 1. The topological polar surface area (TPSA) is 64.0 Å². The second-order valence-electron chi connectivity index (χ2n) is 6.19. The van der Waals surface area contributed by atoms with Crippen molar-refractivity contribution in [1.82, 2.24) is 9.55 Å². The molecule has 0 radical (unpaired) electrons. The molecule has 1 aliphatic heterocycles. The van der Waals surface area contributed by atoms with Crippen molar-refractivity contribution >= 4 is 46.6 Å². The van der Waals surface area contributed by atoms with Gasteiger partial charge in [-0.1, -0.05) is 35.0 Å². The van der Waals surface area contributed by atoms with Crippen LogP contribution in [0.25, 0.3) is 0 Å². The Hall–Kier alpha value is -1.50. The van der Waals surface area contributed by atoms with Crippen molar-refractivity contribution in [2.24, 2.45) is 0 Å². The van der Waals surface area contributed by atoms with Crippen LogP contribution in [0.5, 0.6) is 0 Å². The van der Waals surface area contributed by atoms with E-state index < -0.39 is 0 Å². The van der Waals surface area contributed by atoms with Gasteiger partial charge in [0.2, 0.25) is 5.91 Å². The van der Waals surface area contributed by atoms with E-state index in [1.54, 1.807) is 22.8 Å². The van der Waals surface area contributed by atoms with E-state index in [9.17, 15) is 9.59 Å². The molecule has 0 spiro atoms. The number of nitrogens with one attached hydrogen (secondary N) is 1. The molecular weight excluding hydrogens is 381 g/mol. The van der Waals surface area contributed by atoms with Crippen LogP contribution in [0, 0.1) is 0 Å². The highest BCUT2D eigenvalue weighted by atomic mass is 35.5. The third kappa shape index (κ3) is 3.18. The van der Waals surface area contributed by atoms with Gasteiger partial charge in [0.1, 0.15) is 0 Å². The lowest BCUT2D eigenvalue weighted by atomic mass is 10.2. The molecule has 1 atom stereocenters. The number of halogens is 2. The maximum absolute atomic E-state index is 12.7. The number of anilines is 1. The van der Waals surface area contributed by atoms with E-state index in [-0.39, 0.29) is 23.9 Å². The van der Waals surface area contributed by atoms with Crippen LogP contribution in [0.4, 0.5) is 5.69 Å². The summed E-state index contributed by atoms with van der Waals surface area (Å²) in [6.07, 6.45) is 2.83. The van der Waals surface area contributed by atoms with Gasteiger partial charge in [-0.05, 0) is 37.5 Å². The van der Waals surface area contributed by atoms with Crippen molar-refractivity contribution in [3.63, 3.8) is 0 Å². The molecule has 1 aromatic carbocycles. The Morgan fingerprint density at radius 2 is 2.20 bits per heavy atom. The minimum absolute atomic E-state index is 0.0149. The van der Waals surface area contributed by atoms with Crippen LogP contribution in [-0.2, 0) is 17.6 Å². The molecule has 1 unspecified atom stereocenters. The number of fused-ring (bicyclic) bond motifs is 2. The summed E-state index contributed by atoms with van der Waals surface area (Å²) in [7, 11) is 0. The van der Waals surface area contributed by atoms with E-state index in [0.29, 0.717) is 21.5 Å². The first-order valence-electron chi connectivity index (χ1n) is 8.05. The molecule has 1 amide bonds. The van der Waals surface area contributed by atoms with Gasteiger partial charge in [0.25, 0.3) is 5.56 Å². The van der Waals surface area contributed by atoms with E-state index in [1.807, 2.05) is 0 Å². The largest absolute Gasteiger partial charge is 0.325 e. The van der Waals surface area contributed by atoms with Crippen LogP contribution in [0.15, 0.2) is 28.2 Å². The van der Waals surface area contributed by atoms with Gasteiger partial charge in [-0.15, -0.1) is 0 Å². The number of aryl methyl sites for hydroxylation is 1. The number of rotatable bonds is 3. The lowest BCUT2D eigenvalue weighted by Gasteiger charge is -2.15. The zero-order valence-electron chi connectivity index (χ0n) is 13.2. The summed E-state index contributed by atoms with van der Waals surface area (Å²) in [6.45, 7) is 0. The van der Waals surface area contributed by atoms with Gasteiger partial charge >= 0.3 is 0 Å². The minimum Gasteiger partial charge on any atom is -0.325 e. The number of aromatic nitrogens is 2. The maximum Gasteiger partial charge on any atom is 0.257 e. The molecule has 2 aromatic rings. The highest BCUT2D eigenvalue weighted by molar-refractivity contribution is 7.99. The van der Waals surface area contributed by atoms with Gasteiger partial charge in [0, 0.05) is 22.8 Å². The molecule has 2 aliphatic rings. The van der Waals surface area contributed by atoms with Gasteiger partial charge in [0.05, 0.1) is 22.4 Å². The predicted octanol–water partition coefficient (Wildman–Crippen LogP) is 3.71. The Morgan fingerprint density at radius 1 is 1.36 bits per heavy atom. The Kier molecular flexibility index (Phi) is 4.52. The predicted molar refractivity (Wildman–Crippen MR) is 100.0 cm³/mol. The zero-order valence-corrected chi connectivity index (χ0v) is 15.5. The summed E-state index contributed by atoms with van der Waals surface area (Å²) in [5, 5.41) is 4.43. The summed E-state index contributed by atoms with van der Waals surface area (Å²) < 4.78 is 1.69. The van der Waals surface area contributed by atoms with Gasteiger partial charge in [-0.3, -0.25) is 14.2 Å². The van der Waals surface area contributed by atoms with E-state index in [4.69, 9.17) is 23.2 Å². The lowest BCUT2D eigenvalue weighted by molar-refractivity contribution is -0.116. The van der Waals surface area contributed by atoms with E-state index >= 15 is 0 Å². The molecule has 130 valence electrons. The average Bonchev–Trinajstić information content (AvgIpc) is 3.19. The van der Waals surface area contributed by atoms with Gasteiger partial charge < -0.3 is 5.32 Å². The average molecular weight is 396 g/mol. The first kappa shape index (κ1) is 16.9. The molecule has 25 heavy (non-hydrogen) atoms. The first-order chi connectivity index (χ1) is 12.0. The quantitative estimate of drug-likeness (QED) is 0.804. The van der Waals surface area contributed by atoms with E-state index in [2.05, 4.69) is 10.3 Å². The number of amides is 1. The highest BCUT2D eigenvalue weighted by Crippen LogP contribution is 2.34. The molecule has 5 nitrogen and oxygen atoms in total. The molecule has 0 saturated heterocycles. The SMILES string of the molecule is O=C(CC1CSc2nc3c(c(=O)n21)CCC3)Nc1cc(Cl)ccc1Cl. The second kappa shape index (κ2) is 6.67. The number of carbonyl (C=O) groups excluding carboxylic acids is 1. The molecule has 2 heterocycles. The summed E-state index contributed by atoms with van der Waals surface area (Å²) in [5.74, 6) is 0.469. The monoisotopic (exact) mass is 395 g/mol. The fourth-order valence-corrected chi connectivity index (χ4v) is 4.80. The van der Waals surface area contributed by atoms with Crippen LogP contribution in [-0.4, -0.2) is 21.2 Å². The van der Waals surface area contributed by atoms with Gasteiger partial charge in [-0.2, -0.15) is 0 Å². The fraction of sp³-hybridized carbons (Fsp3) is 0.353. The van der Waals surface area contributed by atoms with Crippen molar-refractivity contribution in [3.8, 4) is 0 Å². The lowest BCUT2D eigenvalue weighted by Crippen LogP contribution is -2.30. The molecule has 8 heteroatoms. The standard InChI is InChI=1S/C17H15Cl2N3O2S/c18-9-4-5-12(19)14(6-9)20-15(23)7-10-8-25-17-21-13-3-1-2-11(13)16(24)22(10)17/h4-6,10H,1-3,7-8H2,(H,20,23). The van der Waals surface area contributed by atoms with Crippen molar-refractivity contribution in [3.05, 3.63) is 49.9 Å². The molecule has 4 rings (SSSR count). The third-order valence-corrected chi connectivity index (χ3v) is 6.16. The van der Waals surface area contributed by atoms with Crippen LogP contribution in [0.2, 0.25) is 10.0 Å². The van der Waals surface area contributed by atoms with E-state index in [0.717, 1.165) is 35.7 Å². The molecule has 0 bridgehead atoms. The van der Waals surface area contributed by atoms with Crippen LogP contribution in [0.3, 0.4) is 0 Å². The molecule has 0 fully saturated rings. The van der Waals surface area contributed by atoms with Crippen LogP contribution >= 0.6 is 35.0 Å². The van der Waals surface area contributed by atoms with Crippen LogP contribution in [0.1, 0.15) is 30.1 Å². The normalized spacial score (nSPS) is 18.1. The smallest absolute Gasteiger partial charge is 0.257 e. The first-order valence-corrected chi connectivity index (χ1v) is 9.79. The Balaban J connectivity index is 1.55. The molecule has 1 N–H and O–H groups in total. The maximum atomic E-state index is 12.7. The van der Waals surface area contributed by atoms with Gasteiger partial charge in [-0.25, -0.2) is 4.98 Å².